The average molecular weight is 237 g/mol. The first-order valence-corrected chi connectivity index (χ1v) is 1.22. The second kappa shape index (κ2) is 1250. The fraction of sp³-hybridized carbons (Fsp3) is 0. The van der Waals surface area contributed by atoms with E-state index >= 15 is 0 Å². The van der Waals surface area contributed by atoms with Crippen LogP contribution in [0, 0.1) is 39.9 Å². The third-order valence-electron chi connectivity index (χ3n) is 0. The Labute approximate surface area is 91.9 Å². The quantitative estimate of drug-likeness (QED) is 0.454. The van der Waals surface area contributed by atoms with Crippen molar-refractivity contribution < 1.29 is 45.3 Å². The molecule has 0 heterocycles. The van der Waals surface area contributed by atoms with Crippen LogP contribution >= 0.6 is 0 Å². The van der Waals surface area contributed by atoms with Gasteiger partial charge < -0.3 is 6.15 Å². The molecule has 0 aliphatic rings. The standard InChI is InChI=1S/6CO.Cr.H3N/c6*1-2;;/h;;;;;;;1H3. The maximum Gasteiger partial charge on any atom is 0 e. The molecule has 0 aromatic carbocycles. The summed E-state index contributed by atoms with van der Waals surface area (Å²) in [5, 5.41) is 0. The molecule has 3 N–H and O–H groups in total. The maximum absolute atomic E-state index is 7.50. The summed E-state index contributed by atoms with van der Waals surface area (Å²) in [5.74, 6) is 0. The molecule has 0 saturated heterocycles. The number of hydrogen-bond acceptors (Lipinski definition) is 1. The molecule has 0 bridgehead atoms. The van der Waals surface area contributed by atoms with Crippen LogP contribution in [0.1, 0.15) is 0 Å². The Morgan fingerprint density at radius 3 is 0.357 bits per heavy atom. The maximum atomic E-state index is 7.50. The van der Waals surface area contributed by atoms with Crippen LogP contribution in [0.25, 0.3) is 0 Å². The summed E-state index contributed by atoms with van der Waals surface area (Å²) in [4.78, 5) is 0. The molecule has 0 amide bonds. The Morgan fingerprint density at radius 2 is 0.357 bits per heavy atom. The van der Waals surface area contributed by atoms with E-state index in [2.05, 4.69) is 39.9 Å². The van der Waals surface area contributed by atoms with E-state index in [1.165, 1.54) is 0 Å². The van der Waals surface area contributed by atoms with E-state index in [1.54, 1.807) is 0 Å². The monoisotopic (exact) mass is 237 g/mol. The molecule has 0 saturated carbocycles. The van der Waals surface area contributed by atoms with E-state index in [1.807, 2.05) is 0 Å². The zero-order valence-corrected chi connectivity index (χ0v) is 7.84. The van der Waals surface area contributed by atoms with Gasteiger partial charge in [-0.2, -0.15) is 0 Å². The zero-order valence-electron chi connectivity index (χ0n) is 6.56. The molecule has 0 spiro atoms. The smallest absolute Gasteiger partial charge is 0 e. The molecule has 0 radical (unpaired) electrons. The van der Waals surface area contributed by atoms with Crippen LogP contribution in [0.3, 0.4) is 0 Å². The van der Waals surface area contributed by atoms with Gasteiger partial charge in [0.25, 0.3) is 0 Å². The zero-order chi connectivity index (χ0) is 12.0. The fourth-order valence-corrected chi connectivity index (χ4v) is 0. The Bertz CT molecular complexity index is 97.3. The SMILES string of the molecule is N.[C-]#[O+].[C-]#[O+].[C-]#[O+].[C-]#[O+].[C-]#[O+].[C-]#[O+].[Cr]. The molecule has 0 fully saturated rings. The van der Waals surface area contributed by atoms with Crippen LogP contribution < -0.4 is 6.15 Å². The van der Waals surface area contributed by atoms with Gasteiger partial charge in [0.2, 0.25) is 0 Å². The molecule has 7 nitrogen and oxygen atoms in total. The van der Waals surface area contributed by atoms with Gasteiger partial charge in [0, 0.05) is 17.4 Å². The predicted molar refractivity (Wildman–Crippen MR) is 28.6 cm³/mol. The molecule has 14 heavy (non-hydrogen) atoms. The molecule has 0 rings (SSSR count). The van der Waals surface area contributed by atoms with Crippen molar-refractivity contribution in [1.82, 2.24) is 6.15 Å². The van der Waals surface area contributed by atoms with Crippen LogP contribution in [-0.4, -0.2) is 0 Å². The van der Waals surface area contributed by atoms with Crippen molar-refractivity contribution >= 4 is 0 Å². The largest absolute Gasteiger partial charge is 0 e. The summed E-state index contributed by atoms with van der Waals surface area (Å²) < 4.78 is 45.0. The molecule has 0 unspecified atom stereocenters. The van der Waals surface area contributed by atoms with Crippen molar-refractivity contribution in [1.29, 1.82) is 0 Å². The van der Waals surface area contributed by atoms with Crippen molar-refractivity contribution in [3.63, 3.8) is 0 Å². The third-order valence-corrected chi connectivity index (χ3v) is 0. The van der Waals surface area contributed by atoms with Gasteiger partial charge in [-0.05, 0) is 0 Å². The van der Waals surface area contributed by atoms with Crippen molar-refractivity contribution in [3.05, 3.63) is 39.9 Å². The van der Waals surface area contributed by atoms with Crippen molar-refractivity contribution in [2.24, 2.45) is 0 Å². The summed E-state index contributed by atoms with van der Waals surface area (Å²) in [5.41, 5.74) is 0. The van der Waals surface area contributed by atoms with E-state index in [0.29, 0.717) is 0 Å². The first kappa shape index (κ1) is 75.7. The van der Waals surface area contributed by atoms with Crippen molar-refractivity contribution in [2.75, 3.05) is 0 Å². The Hall–Kier alpha value is -1.07. The molecule has 0 aromatic heterocycles. The van der Waals surface area contributed by atoms with Gasteiger partial charge in [-0.25, -0.2) is 0 Å². The van der Waals surface area contributed by atoms with E-state index in [-0.39, 0.29) is 23.5 Å². The molecular formula is C6H3CrNO6. The minimum atomic E-state index is 0. The second-order valence-electron chi connectivity index (χ2n) is 0. The van der Waals surface area contributed by atoms with Crippen LogP contribution in [0.5, 0.6) is 0 Å². The Kier molecular flexibility index (Phi) is 6770. The summed E-state index contributed by atoms with van der Waals surface area (Å²) in [7, 11) is 0. The van der Waals surface area contributed by atoms with Crippen molar-refractivity contribution in [2.45, 2.75) is 0 Å². The number of rotatable bonds is 0. The minimum absolute atomic E-state index is 0. The summed E-state index contributed by atoms with van der Waals surface area (Å²) >= 11 is 0. The van der Waals surface area contributed by atoms with Gasteiger partial charge in [-0.1, -0.05) is 0 Å². The molecule has 74 valence electrons. The van der Waals surface area contributed by atoms with Gasteiger partial charge in [0.15, 0.2) is 0 Å². The van der Waals surface area contributed by atoms with Crippen LogP contribution in [0.2, 0.25) is 0 Å². The molecule has 0 atom stereocenters. The summed E-state index contributed by atoms with van der Waals surface area (Å²) in [6.45, 7) is 27.0. The molecule has 0 aliphatic carbocycles. The molecule has 0 aromatic rings. The van der Waals surface area contributed by atoms with Crippen LogP contribution in [-0.2, 0) is 45.3 Å². The average Bonchev–Trinajstić information content (AvgIpc) is 2.33. The molecule has 8 heteroatoms. The van der Waals surface area contributed by atoms with E-state index in [4.69, 9.17) is 27.9 Å². The van der Waals surface area contributed by atoms with E-state index < -0.39 is 0 Å². The van der Waals surface area contributed by atoms with Crippen molar-refractivity contribution in [3.8, 4) is 0 Å². The second-order valence-corrected chi connectivity index (χ2v) is 0. The first-order valence-electron chi connectivity index (χ1n) is 1.22. The fourth-order valence-electron chi connectivity index (χ4n) is 0. The van der Waals surface area contributed by atoms with Crippen LogP contribution in [0.15, 0.2) is 0 Å². The normalized spacial score (nSPS) is 0.857. The Balaban J connectivity index is -0.00000000500. The third kappa shape index (κ3) is 946. The summed E-state index contributed by atoms with van der Waals surface area (Å²) in [6.07, 6.45) is 0. The topological polar surface area (TPSA) is 154 Å². The number of hydrogen-bond donors (Lipinski definition) is 1. The van der Waals surface area contributed by atoms with Gasteiger partial charge in [0.1, 0.15) is 0 Å². The Morgan fingerprint density at radius 1 is 0.357 bits per heavy atom. The van der Waals surface area contributed by atoms with E-state index in [0.717, 1.165) is 0 Å². The van der Waals surface area contributed by atoms with E-state index in [9.17, 15) is 0 Å². The van der Waals surface area contributed by atoms with Gasteiger partial charge >= 0.3 is 67.8 Å². The van der Waals surface area contributed by atoms with Gasteiger partial charge in [-0.3, -0.25) is 0 Å². The van der Waals surface area contributed by atoms with Gasteiger partial charge in [0.05, 0.1) is 0 Å². The first-order chi connectivity index (χ1) is 6.00. The van der Waals surface area contributed by atoms with Gasteiger partial charge in [-0.15, -0.1) is 0 Å². The molecular weight excluding hydrogens is 234 g/mol. The summed E-state index contributed by atoms with van der Waals surface area (Å²) in [6, 6.07) is 0. The van der Waals surface area contributed by atoms with Crippen LogP contribution in [0.4, 0.5) is 0 Å². The molecule has 0 aliphatic heterocycles. The minimum Gasteiger partial charge on any atom is 0 e. The predicted octanol–water partition coefficient (Wildman–Crippen LogP) is -0.0656.